The summed E-state index contributed by atoms with van der Waals surface area (Å²) in [4.78, 5) is 24.5. The number of nitrogens with zero attached hydrogens (tertiary/aromatic N) is 1. The molecule has 0 aliphatic heterocycles. The molecule has 0 aromatic carbocycles. The molecule has 0 aliphatic rings. The molecular formula is C8H8N2O4. The summed E-state index contributed by atoms with van der Waals surface area (Å²) in [6, 6.07) is 2.71. The summed E-state index contributed by atoms with van der Waals surface area (Å²) >= 11 is 0. The molecule has 0 saturated carbocycles. The molecule has 1 aromatic rings. The third kappa shape index (κ3) is 2.44. The lowest BCUT2D eigenvalue weighted by Gasteiger charge is -2.03. The lowest BCUT2D eigenvalue weighted by Crippen LogP contribution is -2.09. The first kappa shape index (κ1) is 9.97. The van der Waals surface area contributed by atoms with Crippen molar-refractivity contribution in [3.05, 3.63) is 17.7 Å². The largest absolute Gasteiger partial charge is 0.481 e. The fourth-order valence-electron chi connectivity index (χ4n) is 0.872. The van der Waals surface area contributed by atoms with Gasteiger partial charge in [-0.3, -0.25) is 10.1 Å². The number of aromatic nitrogens is 1. The number of hydrogen-bond donors (Lipinski definition) is 2. The van der Waals surface area contributed by atoms with E-state index in [1.807, 2.05) is 5.32 Å². The van der Waals surface area contributed by atoms with E-state index in [1.165, 1.54) is 19.2 Å². The average molecular weight is 196 g/mol. The number of carboxylic acid groups (broad SMARTS) is 1. The van der Waals surface area contributed by atoms with Gasteiger partial charge in [0, 0.05) is 11.6 Å². The molecule has 0 saturated heterocycles. The van der Waals surface area contributed by atoms with E-state index in [9.17, 15) is 9.59 Å². The number of anilines is 1. The lowest BCUT2D eigenvalue weighted by molar-refractivity contribution is 0.112. The third-order valence-corrected chi connectivity index (χ3v) is 1.40. The maximum absolute atomic E-state index is 10.5. The van der Waals surface area contributed by atoms with Crippen LogP contribution in [0.15, 0.2) is 12.1 Å². The molecule has 1 aromatic heterocycles. The van der Waals surface area contributed by atoms with Gasteiger partial charge in [-0.1, -0.05) is 0 Å². The zero-order valence-electron chi connectivity index (χ0n) is 7.35. The second-order valence-electron chi connectivity index (χ2n) is 2.38. The molecule has 74 valence electrons. The van der Waals surface area contributed by atoms with Crippen LogP contribution in [-0.2, 0) is 0 Å². The Bertz CT molecular complexity index is 364. The van der Waals surface area contributed by atoms with Crippen molar-refractivity contribution in [2.45, 2.75) is 0 Å². The maximum atomic E-state index is 10.5. The number of carbonyl (C=O) groups excluding carboxylic acids is 1. The Kier molecular flexibility index (Phi) is 3.01. The van der Waals surface area contributed by atoms with Crippen molar-refractivity contribution in [3.63, 3.8) is 0 Å². The third-order valence-electron chi connectivity index (χ3n) is 1.40. The number of pyridine rings is 1. The number of methoxy groups -OCH3 is 1. The molecule has 6 nitrogen and oxygen atoms in total. The van der Waals surface area contributed by atoms with Crippen molar-refractivity contribution in [2.75, 3.05) is 12.4 Å². The Morgan fingerprint density at radius 3 is 2.86 bits per heavy atom. The Morgan fingerprint density at radius 1 is 1.64 bits per heavy atom. The van der Waals surface area contributed by atoms with E-state index in [-0.39, 0.29) is 11.7 Å². The number of carbonyl (C=O) groups is 2. The van der Waals surface area contributed by atoms with Gasteiger partial charge in [0.2, 0.25) is 5.88 Å². The van der Waals surface area contributed by atoms with Gasteiger partial charge >= 0.3 is 6.09 Å². The fraction of sp³-hybridized carbons (Fsp3) is 0.125. The minimum absolute atomic E-state index is 0.0546. The average Bonchev–Trinajstić information content (AvgIpc) is 2.16. The van der Waals surface area contributed by atoms with Crippen LogP contribution in [0.2, 0.25) is 0 Å². The molecule has 0 spiro atoms. The normalized spacial score (nSPS) is 9.21. The highest BCUT2D eigenvalue weighted by Gasteiger charge is 2.04. The molecule has 1 rings (SSSR count). The van der Waals surface area contributed by atoms with Crippen LogP contribution < -0.4 is 10.1 Å². The smallest absolute Gasteiger partial charge is 0.410 e. The van der Waals surface area contributed by atoms with Crippen LogP contribution >= 0.6 is 0 Å². The number of rotatable bonds is 3. The molecule has 0 unspecified atom stereocenters. The molecule has 1 heterocycles. The van der Waals surface area contributed by atoms with Crippen LogP contribution in [0, 0.1) is 0 Å². The highest BCUT2D eigenvalue weighted by Crippen LogP contribution is 2.14. The standard InChI is InChI=1S/C8H8N2O4/c1-14-7-3-5(4-11)2-6(9-7)10-8(12)13/h2-4H,1H3,(H,9,10)(H,12,13). The van der Waals surface area contributed by atoms with Crippen LogP contribution in [0.25, 0.3) is 0 Å². The molecule has 14 heavy (non-hydrogen) atoms. The first-order valence-corrected chi connectivity index (χ1v) is 3.67. The first-order chi connectivity index (χ1) is 6.65. The van der Waals surface area contributed by atoms with Gasteiger partial charge in [-0.15, -0.1) is 0 Å². The summed E-state index contributed by atoms with van der Waals surface area (Å²) in [6.45, 7) is 0. The van der Waals surface area contributed by atoms with Crippen molar-refractivity contribution in [2.24, 2.45) is 0 Å². The molecule has 6 heteroatoms. The Balaban J connectivity index is 3.03. The maximum Gasteiger partial charge on any atom is 0.410 e. The Labute approximate surface area is 79.5 Å². The monoisotopic (exact) mass is 196 g/mol. The Hall–Kier alpha value is -2.11. The van der Waals surface area contributed by atoms with Crippen LogP contribution in [0.1, 0.15) is 10.4 Å². The van der Waals surface area contributed by atoms with E-state index in [4.69, 9.17) is 9.84 Å². The SMILES string of the molecule is COc1cc(C=O)cc(NC(=O)O)n1. The van der Waals surface area contributed by atoms with Crippen LogP contribution in [0.5, 0.6) is 5.88 Å². The molecule has 0 radical (unpaired) electrons. The Morgan fingerprint density at radius 2 is 2.36 bits per heavy atom. The van der Waals surface area contributed by atoms with Gasteiger partial charge in [-0.05, 0) is 6.07 Å². The van der Waals surface area contributed by atoms with Crippen LogP contribution in [0.4, 0.5) is 10.6 Å². The van der Waals surface area contributed by atoms with Gasteiger partial charge in [0.1, 0.15) is 12.1 Å². The second kappa shape index (κ2) is 4.22. The zero-order valence-corrected chi connectivity index (χ0v) is 7.35. The van der Waals surface area contributed by atoms with Crippen molar-refractivity contribution < 1.29 is 19.4 Å². The van der Waals surface area contributed by atoms with E-state index in [2.05, 4.69) is 4.98 Å². The lowest BCUT2D eigenvalue weighted by atomic mass is 10.3. The van der Waals surface area contributed by atoms with E-state index in [0.717, 1.165) is 0 Å². The summed E-state index contributed by atoms with van der Waals surface area (Å²) < 4.78 is 4.78. The number of aldehydes is 1. The predicted molar refractivity (Wildman–Crippen MR) is 47.8 cm³/mol. The first-order valence-electron chi connectivity index (χ1n) is 3.67. The summed E-state index contributed by atoms with van der Waals surface area (Å²) in [5, 5.41) is 10.4. The van der Waals surface area contributed by atoms with Gasteiger partial charge in [0.25, 0.3) is 0 Å². The summed E-state index contributed by atoms with van der Waals surface area (Å²) in [5.74, 6) is 0.234. The van der Waals surface area contributed by atoms with E-state index >= 15 is 0 Å². The van der Waals surface area contributed by atoms with Crippen molar-refractivity contribution in [3.8, 4) is 5.88 Å². The molecule has 1 amide bonds. The molecule has 0 fully saturated rings. The number of nitrogens with one attached hydrogen (secondary N) is 1. The van der Waals surface area contributed by atoms with Gasteiger partial charge in [-0.25, -0.2) is 4.79 Å². The van der Waals surface area contributed by atoms with Gasteiger partial charge < -0.3 is 9.84 Å². The highest BCUT2D eigenvalue weighted by molar-refractivity contribution is 5.84. The van der Waals surface area contributed by atoms with Gasteiger partial charge in [-0.2, -0.15) is 4.98 Å². The van der Waals surface area contributed by atoms with E-state index in [0.29, 0.717) is 11.8 Å². The van der Waals surface area contributed by atoms with Crippen LogP contribution in [0.3, 0.4) is 0 Å². The topological polar surface area (TPSA) is 88.5 Å². The predicted octanol–water partition coefficient (Wildman–Crippen LogP) is 0.993. The molecule has 2 N–H and O–H groups in total. The molecule has 0 bridgehead atoms. The van der Waals surface area contributed by atoms with Crippen molar-refractivity contribution in [1.29, 1.82) is 0 Å². The van der Waals surface area contributed by atoms with Crippen LogP contribution in [-0.4, -0.2) is 29.6 Å². The van der Waals surface area contributed by atoms with E-state index < -0.39 is 6.09 Å². The fourth-order valence-corrected chi connectivity index (χ4v) is 0.872. The zero-order chi connectivity index (χ0) is 10.6. The molecule has 0 aliphatic carbocycles. The highest BCUT2D eigenvalue weighted by atomic mass is 16.5. The van der Waals surface area contributed by atoms with Gasteiger partial charge in [0.05, 0.1) is 7.11 Å². The number of hydrogen-bond acceptors (Lipinski definition) is 4. The minimum atomic E-state index is -1.25. The summed E-state index contributed by atoms with van der Waals surface area (Å²) in [7, 11) is 1.38. The summed E-state index contributed by atoms with van der Waals surface area (Å²) in [5.41, 5.74) is 0.292. The summed E-state index contributed by atoms with van der Waals surface area (Å²) in [6.07, 6.45) is -0.667. The number of ether oxygens (including phenoxy) is 1. The van der Waals surface area contributed by atoms with Crippen molar-refractivity contribution >= 4 is 18.2 Å². The molecule has 0 atom stereocenters. The second-order valence-corrected chi connectivity index (χ2v) is 2.38. The number of amides is 1. The quantitative estimate of drug-likeness (QED) is 0.704. The van der Waals surface area contributed by atoms with E-state index in [1.54, 1.807) is 0 Å². The van der Waals surface area contributed by atoms with Crippen molar-refractivity contribution in [1.82, 2.24) is 4.98 Å². The molecular weight excluding hydrogens is 188 g/mol. The minimum Gasteiger partial charge on any atom is -0.481 e. The van der Waals surface area contributed by atoms with Gasteiger partial charge in [0.15, 0.2) is 0 Å².